The van der Waals surface area contributed by atoms with Crippen LogP contribution in [-0.2, 0) is 0 Å². The first-order valence-corrected chi connectivity index (χ1v) is 8.98. The minimum atomic E-state index is -0.120. The first-order valence-electron chi connectivity index (χ1n) is 8.98. The zero-order chi connectivity index (χ0) is 15.4. The molecule has 1 saturated heterocycles. The van der Waals surface area contributed by atoms with Crippen LogP contribution in [0.25, 0.3) is 11.6 Å². The van der Waals surface area contributed by atoms with E-state index in [2.05, 4.69) is 47.5 Å². The number of hydrogen-bond donors (Lipinski definition) is 1. The molecule has 0 spiro atoms. The van der Waals surface area contributed by atoms with E-state index < -0.39 is 0 Å². The first kappa shape index (κ1) is 13.6. The number of aliphatic hydroxyl groups is 1. The highest BCUT2D eigenvalue weighted by molar-refractivity contribution is 5.88. The van der Waals surface area contributed by atoms with Gasteiger partial charge in [-0.15, -0.1) is 0 Å². The quantitative estimate of drug-likeness (QED) is 0.783. The molecule has 23 heavy (non-hydrogen) atoms. The maximum atomic E-state index is 10.2. The number of aliphatic hydroxyl groups excluding tert-OH is 1. The molecule has 2 heteroatoms. The lowest BCUT2D eigenvalue weighted by atomic mass is 9.70. The van der Waals surface area contributed by atoms with Gasteiger partial charge in [0.2, 0.25) is 0 Å². The lowest BCUT2D eigenvalue weighted by molar-refractivity contribution is 0.0435. The van der Waals surface area contributed by atoms with Gasteiger partial charge in [-0.2, -0.15) is 0 Å². The summed E-state index contributed by atoms with van der Waals surface area (Å²) >= 11 is 0. The van der Waals surface area contributed by atoms with E-state index in [0.29, 0.717) is 12.0 Å². The standard InChI is InChI=1S/C21H23NO/c23-16-10-11-22-13-19-17-6-2-1-4-14(17)8-9-15-5-3-7-18(21(15)19)20(22)12-16/h1-2,4,6,8-9,13,16,18,20,23H,3,5,7,10-12H2. The topological polar surface area (TPSA) is 23.5 Å². The van der Waals surface area contributed by atoms with Gasteiger partial charge in [0.15, 0.2) is 0 Å². The lowest BCUT2D eigenvalue weighted by Gasteiger charge is -2.48. The number of nitrogens with zero attached hydrogens (tertiary/aromatic N) is 1. The summed E-state index contributed by atoms with van der Waals surface area (Å²) in [5.41, 5.74) is 7.27. The van der Waals surface area contributed by atoms with E-state index in [4.69, 9.17) is 0 Å². The Bertz CT molecular complexity index is 742. The molecule has 0 saturated carbocycles. The molecule has 1 aromatic rings. The van der Waals surface area contributed by atoms with Crippen LogP contribution in [0.3, 0.4) is 0 Å². The minimum Gasteiger partial charge on any atom is -0.393 e. The second-order valence-electron chi connectivity index (χ2n) is 7.38. The van der Waals surface area contributed by atoms with Gasteiger partial charge in [0.05, 0.1) is 6.10 Å². The van der Waals surface area contributed by atoms with Gasteiger partial charge in [0.25, 0.3) is 0 Å². The molecule has 5 rings (SSSR count). The molecule has 118 valence electrons. The van der Waals surface area contributed by atoms with E-state index in [1.807, 2.05) is 0 Å². The number of fused-ring (bicyclic) bond motifs is 4. The van der Waals surface area contributed by atoms with Crippen molar-refractivity contribution in [1.82, 2.24) is 4.90 Å². The first-order chi connectivity index (χ1) is 11.3. The molecular weight excluding hydrogens is 282 g/mol. The zero-order valence-corrected chi connectivity index (χ0v) is 13.4. The molecule has 0 bridgehead atoms. The summed E-state index contributed by atoms with van der Waals surface area (Å²) in [6.07, 6.45) is 12.5. The second kappa shape index (κ2) is 5.10. The monoisotopic (exact) mass is 305 g/mol. The Morgan fingerprint density at radius 1 is 1.09 bits per heavy atom. The van der Waals surface area contributed by atoms with Gasteiger partial charge in [0, 0.05) is 30.3 Å². The maximum absolute atomic E-state index is 10.2. The van der Waals surface area contributed by atoms with Gasteiger partial charge in [-0.1, -0.05) is 36.4 Å². The van der Waals surface area contributed by atoms with Crippen LogP contribution in [0, 0.1) is 5.92 Å². The van der Waals surface area contributed by atoms with Crippen molar-refractivity contribution >= 4 is 11.6 Å². The highest BCUT2D eigenvalue weighted by Crippen LogP contribution is 2.49. The van der Waals surface area contributed by atoms with E-state index in [-0.39, 0.29) is 6.10 Å². The Labute approximate surface area is 137 Å². The third-order valence-corrected chi connectivity index (χ3v) is 6.10. The summed E-state index contributed by atoms with van der Waals surface area (Å²) < 4.78 is 0. The fraction of sp³-hybridized carbons (Fsp3) is 0.429. The Balaban J connectivity index is 1.72. The van der Waals surface area contributed by atoms with Crippen LogP contribution >= 0.6 is 0 Å². The number of hydrogen-bond acceptors (Lipinski definition) is 2. The molecule has 3 unspecified atom stereocenters. The fourth-order valence-corrected chi connectivity index (χ4v) is 5.04. The predicted octanol–water partition coefficient (Wildman–Crippen LogP) is 3.99. The van der Waals surface area contributed by atoms with Gasteiger partial charge in [-0.05, 0) is 54.4 Å². The molecule has 0 radical (unpaired) electrons. The molecule has 1 aromatic carbocycles. The van der Waals surface area contributed by atoms with E-state index in [1.54, 1.807) is 5.57 Å². The van der Waals surface area contributed by atoms with Gasteiger partial charge >= 0.3 is 0 Å². The van der Waals surface area contributed by atoms with Crippen LogP contribution in [0.5, 0.6) is 0 Å². The highest BCUT2D eigenvalue weighted by atomic mass is 16.3. The van der Waals surface area contributed by atoms with Crippen molar-refractivity contribution < 1.29 is 5.11 Å². The Kier molecular flexibility index (Phi) is 3.02. The average molecular weight is 305 g/mol. The van der Waals surface area contributed by atoms with Crippen LogP contribution in [0.2, 0.25) is 0 Å². The number of benzene rings is 1. The van der Waals surface area contributed by atoms with Crippen LogP contribution in [-0.4, -0.2) is 28.7 Å². The van der Waals surface area contributed by atoms with E-state index >= 15 is 0 Å². The molecule has 1 fully saturated rings. The van der Waals surface area contributed by atoms with Gasteiger partial charge < -0.3 is 10.0 Å². The normalized spacial score (nSPS) is 31.8. The largest absolute Gasteiger partial charge is 0.393 e. The van der Waals surface area contributed by atoms with Gasteiger partial charge in [-0.25, -0.2) is 0 Å². The molecule has 3 atom stereocenters. The van der Waals surface area contributed by atoms with Crippen molar-refractivity contribution in [3.63, 3.8) is 0 Å². The van der Waals surface area contributed by atoms with Crippen molar-refractivity contribution in [1.29, 1.82) is 0 Å². The molecule has 0 amide bonds. The summed E-state index contributed by atoms with van der Waals surface area (Å²) in [5.74, 6) is 0.588. The highest BCUT2D eigenvalue weighted by Gasteiger charge is 2.41. The third-order valence-electron chi connectivity index (χ3n) is 6.10. The molecular formula is C21H23NO. The minimum absolute atomic E-state index is 0.120. The van der Waals surface area contributed by atoms with Gasteiger partial charge in [-0.3, -0.25) is 0 Å². The molecule has 2 heterocycles. The number of rotatable bonds is 0. The van der Waals surface area contributed by atoms with Crippen LogP contribution < -0.4 is 0 Å². The average Bonchev–Trinajstić information content (AvgIpc) is 2.74. The predicted molar refractivity (Wildman–Crippen MR) is 93.6 cm³/mol. The Hall–Kier alpha value is -1.80. The van der Waals surface area contributed by atoms with E-state index in [0.717, 1.165) is 19.4 Å². The molecule has 2 aliphatic carbocycles. The molecule has 0 aromatic heterocycles. The summed E-state index contributed by atoms with van der Waals surface area (Å²) in [4.78, 5) is 2.53. The maximum Gasteiger partial charge on any atom is 0.0576 e. The Morgan fingerprint density at radius 3 is 2.96 bits per heavy atom. The van der Waals surface area contributed by atoms with Crippen LogP contribution in [0.1, 0.15) is 43.2 Å². The second-order valence-corrected chi connectivity index (χ2v) is 7.38. The molecule has 4 aliphatic rings. The number of piperidine rings is 1. The zero-order valence-electron chi connectivity index (χ0n) is 13.4. The van der Waals surface area contributed by atoms with Crippen molar-refractivity contribution in [3.8, 4) is 0 Å². The summed E-state index contributed by atoms with van der Waals surface area (Å²) in [6, 6.07) is 9.28. The summed E-state index contributed by atoms with van der Waals surface area (Å²) in [6.45, 7) is 0.990. The number of allylic oxidation sites excluding steroid dienone is 3. The molecule has 1 N–H and O–H groups in total. The molecule has 2 aliphatic heterocycles. The smallest absolute Gasteiger partial charge is 0.0576 e. The summed E-state index contributed by atoms with van der Waals surface area (Å²) in [7, 11) is 0. The van der Waals surface area contributed by atoms with Crippen molar-refractivity contribution in [2.75, 3.05) is 6.54 Å². The van der Waals surface area contributed by atoms with Crippen molar-refractivity contribution in [2.24, 2.45) is 5.92 Å². The lowest BCUT2D eigenvalue weighted by Crippen LogP contribution is -2.49. The van der Waals surface area contributed by atoms with E-state index in [1.165, 1.54) is 41.5 Å². The summed E-state index contributed by atoms with van der Waals surface area (Å²) in [5, 5.41) is 10.2. The molecule has 2 nitrogen and oxygen atoms in total. The fourth-order valence-electron chi connectivity index (χ4n) is 5.04. The van der Waals surface area contributed by atoms with E-state index in [9.17, 15) is 5.11 Å². The third kappa shape index (κ3) is 2.05. The van der Waals surface area contributed by atoms with Crippen LogP contribution in [0.4, 0.5) is 0 Å². The van der Waals surface area contributed by atoms with Crippen molar-refractivity contribution in [2.45, 2.75) is 44.2 Å². The van der Waals surface area contributed by atoms with Crippen molar-refractivity contribution in [3.05, 3.63) is 58.8 Å². The Morgan fingerprint density at radius 2 is 2.00 bits per heavy atom. The van der Waals surface area contributed by atoms with Gasteiger partial charge in [0.1, 0.15) is 0 Å². The van der Waals surface area contributed by atoms with Crippen LogP contribution in [0.15, 0.2) is 47.7 Å². The SMILES string of the molecule is OC1CCN2C=C3C4=C(C=Cc5ccccc53)CCCC4C2C1.